The predicted molar refractivity (Wildman–Crippen MR) is 118 cm³/mol. The Morgan fingerprint density at radius 3 is 2.04 bits per heavy atom. The molecule has 0 atom stereocenters. The number of benzene rings is 2. The topological polar surface area (TPSA) is 55.8 Å². The number of sulfonamides is 1. The summed E-state index contributed by atoms with van der Waals surface area (Å²) in [4.78, 5) is 0.421. The third-order valence-electron chi connectivity index (χ3n) is 4.82. The minimum atomic E-state index is -3.63. The van der Waals surface area contributed by atoms with Gasteiger partial charge in [0, 0.05) is 18.7 Å². The summed E-state index contributed by atoms with van der Waals surface area (Å²) in [6, 6.07) is 11.3. The van der Waals surface area contributed by atoms with Gasteiger partial charge in [0.2, 0.25) is 10.0 Å². The van der Waals surface area contributed by atoms with Crippen molar-refractivity contribution in [3.05, 3.63) is 36.4 Å². The molecule has 0 amide bonds. The summed E-state index contributed by atoms with van der Waals surface area (Å²) in [5.74, 6) is 1.19. The van der Waals surface area contributed by atoms with Crippen molar-refractivity contribution in [2.24, 2.45) is 0 Å². The molecule has 0 heterocycles. The van der Waals surface area contributed by atoms with E-state index in [0.717, 1.165) is 10.8 Å². The zero-order valence-corrected chi connectivity index (χ0v) is 19.7. The van der Waals surface area contributed by atoms with Crippen molar-refractivity contribution in [2.45, 2.75) is 38.4 Å². The van der Waals surface area contributed by atoms with Gasteiger partial charge in [0.15, 0.2) is 11.5 Å². The van der Waals surface area contributed by atoms with Crippen molar-refractivity contribution in [1.82, 2.24) is 4.31 Å². The SMILES string of the molecule is CCN(CC)S(=O)(=O)c1c(-c2ccc(OC)c(OC)c2)cccc1[Si](C)(C)C. The van der Waals surface area contributed by atoms with E-state index in [0.29, 0.717) is 35.0 Å². The van der Waals surface area contributed by atoms with Crippen LogP contribution in [0, 0.1) is 0 Å². The Morgan fingerprint density at radius 2 is 1.54 bits per heavy atom. The average Bonchev–Trinajstić information content (AvgIpc) is 2.66. The summed E-state index contributed by atoms with van der Waals surface area (Å²) < 4.78 is 39.5. The molecular weight excluding hydrogens is 390 g/mol. The zero-order chi connectivity index (χ0) is 21.1. The van der Waals surface area contributed by atoms with Crippen LogP contribution in [-0.2, 0) is 10.0 Å². The Kier molecular flexibility index (Phi) is 6.96. The number of nitrogens with zero attached hydrogens (tertiary/aromatic N) is 1. The fourth-order valence-electron chi connectivity index (χ4n) is 3.33. The van der Waals surface area contributed by atoms with E-state index in [1.165, 1.54) is 4.31 Å². The first-order valence-corrected chi connectivity index (χ1v) is 14.4. The maximum Gasteiger partial charge on any atom is 0.243 e. The second-order valence-electron chi connectivity index (χ2n) is 7.59. The molecule has 0 saturated heterocycles. The minimum Gasteiger partial charge on any atom is -0.493 e. The summed E-state index contributed by atoms with van der Waals surface area (Å²) in [6.07, 6.45) is 0. The standard InChI is InChI=1S/C21H31NO4SSi/c1-8-22(9-2)27(23,24)21-17(11-10-12-20(21)28(5,6)7)16-13-14-18(25-3)19(15-16)26-4/h10-15H,8-9H2,1-7H3. The van der Waals surface area contributed by atoms with Crippen molar-refractivity contribution < 1.29 is 17.9 Å². The van der Waals surface area contributed by atoms with Crippen molar-refractivity contribution in [1.29, 1.82) is 0 Å². The lowest BCUT2D eigenvalue weighted by Gasteiger charge is -2.27. The van der Waals surface area contributed by atoms with E-state index in [1.54, 1.807) is 14.2 Å². The second kappa shape index (κ2) is 8.67. The summed E-state index contributed by atoms with van der Waals surface area (Å²) >= 11 is 0. The normalized spacial score (nSPS) is 12.3. The maximum absolute atomic E-state index is 13.6. The average molecular weight is 422 g/mol. The molecule has 0 spiro atoms. The molecule has 0 aromatic heterocycles. The van der Waals surface area contributed by atoms with Crippen molar-refractivity contribution in [3.63, 3.8) is 0 Å². The lowest BCUT2D eigenvalue weighted by molar-refractivity contribution is 0.355. The van der Waals surface area contributed by atoms with Crippen LogP contribution in [0.4, 0.5) is 0 Å². The third kappa shape index (κ3) is 4.26. The smallest absolute Gasteiger partial charge is 0.243 e. The van der Waals surface area contributed by atoms with Gasteiger partial charge < -0.3 is 9.47 Å². The van der Waals surface area contributed by atoms with Gasteiger partial charge in [0.1, 0.15) is 0 Å². The highest BCUT2D eigenvalue weighted by Crippen LogP contribution is 2.36. The summed E-state index contributed by atoms with van der Waals surface area (Å²) in [5, 5.41) is 0.937. The van der Waals surface area contributed by atoms with E-state index < -0.39 is 18.1 Å². The van der Waals surface area contributed by atoms with Crippen LogP contribution in [0.2, 0.25) is 19.6 Å². The number of rotatable bonds is 8. The van der Waals surface area contributed by atoms with Crippen LogP contribution in [0.25, 0.3) is 11.1 Å². The molecule has 2 rings (SSSR count). The molecule has 0 aliphatic carbocycles. The van der Waals surface area contributed by atoms with Crippen LogP contribution in [-0.4, -0.2) is 48.1 Å². The number of methoxy groups -OCH3 is 2. The highest BCUT2D eigenvalue weighted by Gasteiger charge is 2.33. The van der Waals surface area contributed by atoms with Gasteiger partial charge in [-0.25, -0.2) is 8.42 Å². The molecule has 0 aliphatic heterocycles. The first-order chi connectivity index (χ1) is 13.1. The number of hydrogen-bond donors (Lipinski definition) is 0. The molecule has 0 N–H and O–H groups in total. The zero-order valence-electron chi connectivity index (χ0n) is 17.9. The first kappa shape index (κ1) is 22.5. The molecule has 2 aromatic carbocycles. The largest absolute Gasteiger partial charge is 0.493 e. The van der Waals surface area contributed by atoms with Crippen molar-refractivity contribution >= 4 is 23.3 Å². The third-order valence-corrected chi connectivity index (χ3v) is 9.19. The monoisotopic (exact) mass is 421 g/mol. The van der Waals surface area contributed by atoms with Crippen LogP contribution in [0.5, 0.6) is 11.5 Å². The molecule has 0 unspecified atom stereocenters. The lowest BCUT2D eigenvalue weighted by atomic mass is 10.0. The van der Waals surface area contributed by atoms with Crippen LogP contribution < -0.4 is 14.7 Å². The van der Waals surface area contributed by atoms with E-state index in [-0.39, 0.29) is 0 Å². The Bertz CT molecular complexity index is 932. The van der Waals surface area contributed by atoms with Gasteiger partial charge in [0.25, 0.3) is 0 Å². The number of hydrogen-bond acceptors (Lipinski definition) is 4. The molecule has 2 aromatic rings. The summed E-state index contributed by atoms with van der Waals surface area (Å²) in [5.41, 5.74) is 1.50. The molecule has 154 valence electrons. The fraction of sp³-hybridized carbons (Fsp3) is 0.429. The van der Waals surface area contributed by atoms with E-state index in [9.17, 15) is 8.42 Å². The lowest BCUT2D eigenvalue weighted by Crippen LogP contribution is -2.44. The van der Waals surface area contributed by atoms with Crippen molar-refractivity contribution in [3.8, 4) is 22.6 Å². The van der Waals surface area contributed by atoms with Gasteiger partial charge >= 0.3 is 0 Å². The van der Waals surface area contributed by atoms with Crippen LogP contribution in [0.3, 0.4) is 0 Å². The molecule has 28 heavy (non-hydrogen) atoms. The van der Waals surface area contributed by atoms with Gasteiger partial charge in [-0.2, -0.15) is 4.31 Å². The van der Waals surface area contributed by atoms with Crippen LogP contribution >= 0.6 is 0 Å². The summed E-state index contributed by atoms with van der Waals surface area (Å²) in [7, 11) is -2.40. The van der Waals surface area contributed by atoms with Crippen LogP contribution in [0.15, 0.2) is 41.3 Å². The fourth-order valence-corrected chi connectivity index (χ4v) is 7.79. The Morgan fingerprint density at radius 1 is 0.929 bits per heavy atom. The molecule has 0 fully saturated rings. The molecule has 0 aliphatic rings. The molecule has 5 nitrogen and oxygen atoms in total. The van der Waals surface area contributed by atoms with Crippen LogP contribution in [0.1, 0.15) is 13.8 Å². The molecular formula is C21H31NO4SSi. The van der Waals surface area contributed by atoms with Crippen molar-refractivity contribution in [2.75, 3.05) is 27.3 Å². The second-order valence-corrected chi connectivity index (χ2v) is 14.5. The minimum absolute atomic E-state index is 0.421. The van der Waals surface area contributed by atoms with E-state index >= 15 is 0 Å². The highest BCUT2D eigenvalue weighted by molar-refractivity contribution is 7.89. The quantitative estimate of drug-likeness (QED) is 0.606. The Balaban J connectivity index is 2.87. The first-order valence-electron chi connectivity index (χ1n) is 9.47. The predicted octanol–water partition coefficient (Wildman–Crippen LogP) is 3.95. The van der Waals surface area contributed by atoms with E-state index in [1.807, 2.05) is 50.2 Å². The Labute approximate surface area is 170 Å². The van der Waals surface area contributed by atoms with Gasteiger partial charge in [-0.05, 0) is 22.9 Å². The molecule has 0 bridgehead atoms. The highest BCUT2D eigenvalue weighted by atomic mass is 32.2. The summed E-state index contributed by atoms with van der Waals surface area (Å²) in [6.45, 7) is 11.1. The van der Waals surface area contributed by atoms with Gasteiger partial charge in [-0.3, -0.25) is 0 Å². The number of ether oxygens (including phenoxy) is 2. The maximum atomic E-state index is 13.6. The molecule has 0 radical (unpaired) electrons. The van der Waals surface area contributed by atoms with Gasteiger partial charge in [-0.1, -0.05) is 57.8 Å². The Hall–Kier alpha value is -1.83. The van der Waals surface area contributed by atoms with Gasteiger partial charge in [0.05, 0.1) is 27.2 Å². The van der Waals surface area contributed by atoms with E-state index in [2.05, 4.69) is 19.6 Å². The van der Waals surface area contributed by atoms with E-state index in [4.69, 9.17) is 9.47 Å². The molecule has 7 heteroatoms. The van der Waals surface area contributed by atoms with Gasteiger partial charge in [-0.15, -0.1) is 0 Å². The molecule has 0 saturated carbocycles.